The fourth-order valence-corrected chi connectivity index (χ4v) is 2.40. The highest BCUT2D eigenvalue weighted by Gasteiger charge is 2.19. The molecule has 0 saturated carbocycles. The number of aromatic nitrogens is 1. The highest BCUT2D eigenvalue weighted by Crippen LogP contribution is 2.19. The quantitative estimate of drug-likeness (QED) is 0.566. The number of benzene rings is 2. The van der Waals surface area contributed by atoms with Gasteiger partial charge in [0.2, 0.25) is 0 Å². The Hall–Kier alpha value is -2.92. The molecule has 0 unspecified atom stereocenters. The third-order valence-electron chi connectivity index (χ3n) is 3.63. The van der Waals surface area contributed by atoms with E-state index < -0.39 is 18.0 Å². The van der Waals surface area contributed by atoms with Crippen LogP contribution in [-0.4, -0.2) is 23.0 Å². The summed E-state index contributed by atoms with van der Waals surface area (Å²) in [5, 5.41) is 5.11. The Bertz CT molecular complexity index is 925. The summed E-state index contributed by atoms with van der Waals surface area (Å²) in [5.74, 6) is -1.05. The summed E-state index contributed by atoms with van der Waals surface area (Å²) in [6.45, 7) is 1.51. The number of carbonyl (C=O) groups is 2. The van der Waals surface area contributed by atoms with Gasteiger partial charge in [0.15, 0.2) is 6.10 Å². The summed E-state index contributed by atoms with van der Waals surface area (Å²) in [4.78, 5) is 28.1. The molecule has 1 N–H and O–H groups in total. The van der Waals surface area contributed by atoms with Crippen LogP contribution in [0.5, 0.6) is 0 Å². The minimum atomic E-state index is -0.949. The van der Waals surface area contributed by atoms with Gasteiger partial charge in [0.25, 0.3) is 5.91 Å². The van der Waals surface area contributed by atoms with Gasteiger partial charge in [-0.1, -0.05) is 41.9 Å². The van der Waals surface area contributed by atoms with Crippen molar-refractivity contribution in [3.05, 3.63) is 71.5 Å². The molecule has 0 spiro atoms. The average Bonchev–Trinajstić information content (AvgIpc) is 2.62. The van der Waals surface area contributed by atoms with Gasteiger partial charge in [0, 0.05) is 11.9 Å². The van der Waals surface area contributed by atoms with Crippen LogP contribution in [0, 0.1) is 0 Å². The summed E-state index contributed by atoms with van der Waals surface area (Å²) >= 11 is 5.68. The molecule has 2 aromatic carbocycles. The number of hydrogen-bond donors (Lipinski definition) is 1. The van der Waals surface area contributed by atoms with E-state index >= 15 is 0 Å². The maximum absolute atomic E-state index is 12.2. The second-order valence-electron chi connectivity index (χ2n) is 5.47. The van der Waals surface area contributed by atoms with Gasteiger partial charge in [-0.3, -0.25) is 4.79 Å². The fourth-order valence-electron chi connectivity index (χ4n) is 2.29. The molecule has 126 valence electrons. The van der Waals surface area contributed by atoms with Crippen LogP contribution in [0.1, 0.15) is 17.3 Å². The normalized spacial score (nSPS) is 11.8. The SMILES string of the molecule is C[C@H](OC(=O)c1ccc(Cl)nc1)C(=O)Nc1ccc2ccccc2c1. The third kappa shape index (κ3) is 4.14. The molecular formula is C19H15ClN2O3. The van der Waals surface area contributed by atoms with Gasteiger partial charge in [0.05, 0.1) is 5.56 Å². The number of nitrogens with zero attached hydrogens (tertiary/aromatic N) is 1. The molecule has 0 bridgehead atoms. The molecule has 0 radical (unpaired) electrons. The van der Waals surface area contributed by atoms with Gasteiger partial charge in [-0.25, -0.2) is 9.78 Å². The number of pyridine rings is 1. The minimum Gasteiger partial charge on any atom is -0.449 e. The van der Waals surface area contributed by atoms with Crippen LogP contribution in [-0.2, 0) is 9.53 Å². The zero-order valence-electron chi connectivity index (χ0n) is 13.4. The lowest BCUT2D eigenvalue weighted by Crippen LogP contribution is -2.30. The molecule has 1 amide bonds. The number of nitrogens with one attached hydrogen (secondary N) is 1. The van der Waals surface area contributed by atoms with Crippen molar-refractivity contribution in [2.45, 2.75) is 13.0 Å². The van der Waals surface area contributed by atoms with Crippen molar-refractivity contribution in [3.8, 4) is 0 Å². The monoisotopic (exact) mass is 354 g/mol. The van der Waals surface area contributed by atoms with E-state index in [-0.39, 0.29) is 10.7 Å². The summed E-state index contributed by atoms with van der Waals surface area (Å²) in [5.41, 5.74) is 0.870. The first-order chi connectivity index (χ1) is 12.0. The van der Waals surface area contributed by atoms with Crippen LogP contribution < -0.4 is 5.32 Å². The number of anilines is 1. The average molecular weight is 355 g/mol. The number of amides is 1. The Morgan fingerprint density at radius 2 is 1.84 bits per heavy atom. The fraction of sp³-hybridized carbons (Fsp3) is 0.105. The first-order valence-corrected chi connectivity index (χ1v) is 8.03. The van der Waals surface area contributed by atoms with E-state index in [1.807, 2.05) is 36.4 Å². The van der Waals surface area contributed by atoms with Crippen LogP contribution in [0.3, 0.4) is 0 Å². The number of fused-ring (bicyclic) bond motifs is 1. The summed E-state index contributed by atoms with van der Waals surface area (Å²) < 4.78 is 5.16. The van der Waals surface area contributed by atoms with Crippen LogP contribution >= 0.6 is 11.6 Å². The lowest BCUT2D eigenvalue weighted by molar-refractivity contribution is -0.123. The number of esters is 1. The Morgan fingerprint density at radius 1 is 1.08 bits per heavy atom. The second kappa shape index (κ2) is 7.32. The number of ether oxygens (including phenoxy) is 1. The first-order valence-electron chi connectivity index (χ1n) is 7.65. The molecule has 6 heteroatoms. The van der Waals surface area contributed by atoms with Gasteiger partial charge < -0.3 is 10.1 Å². The highest BCUT2D eigenvalue weighted by atomic mass is 35.5. The number of halogens is 1. The number of hydrogen-bond acceptors (Lipinski definition) is 4. The molecule has 3 aromatic rings. The Balaban J connectivity index is 1.65. The first kappa shape index (κ1) is 16.9. The van der Waals surface area contributed by atoms with Gasteiger partial charge in [-0.05, 0) is 42.0 Å². The third-order valence-corrected chi connectivity index (χ3v) is 3.86. The maximum atomic E-state index is 12.2. The topological polar surface area (TPSA) is 68.3 Å². The molecule has 0 aliphatic heterocycles. The largest absolute Gasteiger partial charge is 0.449 e. The van der Waals surface area contributed by atoms with Gasteiger partial charge >= 0.3 is 5.97 Å². The summed E-state index contributed by atoms with van der Waals surface area (Å²) in [6, 6.07) is 16.4. The molecule has 1 heterocycles. The molecule has 25 heavy (non-hydrogen) atoms. The van der Waals surface area contributed by atoms with Crippen LogP contribution in [0.15, 0.2) is 60.8 Å². The van der Waals surface area contributed by atoms with E-state index in [9.17, 15) is 9.59 Å². The van der Waals surface area contributed by atoms with Crippen molar-refractivity contribution in [1.29, 1.82) is 0 Å². The smallest absolute Gasteiger partial charge is 0.340 e. The van der Waals surface area contributed by atoms with Crippen molar-refractivity contribution in [2.24, 2.45) is 0 Å². The molecule has 0 aliphatic rings. The predicted molar refractivity (Wildman–Crippen MR) is 96.7 cm³/mol. The van der Waals surface area contributed by atoms with E-state index in [4.69, 9.17) is 16.3 Å². The lowest BCUT2D eigenvalue weighted by Gasteiger charge is -2.14. The van der Waals surface area contributed by atoms with E-state index in [0.717, 1.165) is 10.8 Å². The van der Waals surface area contributed by atoms with E-state index in [0.29, 0.717) is 5.69 Å². The number of carbonyl (C=O) groups excluding carboxylic acids is 2. The van der Waals surface area contributed by atoms with Crippen molar-refractivity contribution in [3.63, 3.8) is 0 Å². The maximum Gasteiger partial charge on any atom is 0.340 e. The minimum absolute atomic E-state index is 0.231. The second-order valence-corrected chi connectivity index (χ2v) is 5.86. The van der Waals surface area contributed by atoms with E-state index in [2.05, 4.69) is 10.3 Å². The molecule has 1 atom stereocenters. The highest BCUT2D eigenvalue weighted by molar-refractivity contribution is 6.29. The molecule has 5 nitrogen and oxygen atoms in total. The van der Waals surface area contributed by atoms with Crippen molar-refractivity contribution < 1.29 is 14.3 Å². The summed E-state index contributed by atoms with van der Waals surface area (Å²) in [7, 11) is 0. The molecule has 0 saturated heterocycles. The van der Waals surface area contributed by atoms with E-state index in [1.165, 1.54) is 25.3 Å². The lowest BCUT2D eigenvalue weighted by atomic mass is 10.1. The van der Waals surface area contributed by atoms with Crippen molar-refractivity contribution in [1.82, 2.24) is 4.98 Å². The Labute approximate surface area is 149 Å². The zero-order valence-corrected chi connectivity index (χ0v) is 14.2. The Kier molecular flexibility index (Phi) is 4.95. The standard InChI is InChI=1S/C19H15ClN2O3/c1-12(25-19(24)15-7-9-17(20)21-11-15)18(23)22-16-8-6-13-4-2-3-5-14(13)10-16/h2-12H,1H3,(H,22,23)/t12-/m0/s1. The molecule has 1 aromatic heterocycles. The van der Waals surface area contributed by atoms with Crippen LogP contribution in [0.4, 0.5) is 5.69 Å². The van der Waals surface area contributed by atoms with E-state index in [1.54, 1.807) is 6.07 Å². The number of rotatable bonds is 4. The predicted octanol–water partition coefficient (Wildman–Crippen LogP) is 4.07. The van der Waals surface area contributed by atoms with Gasteiger partial charge in [-0.15, -0.1) is 0 Å². The van der Waals surface area contributed by atoms with Crippen molar-refractivity contribution >= 4 is 39.9 Å². The molecular weight excluding hydrogens is 340 g/mol. The summed E-state index contributed by atoms with van der Waals surface area (Å²) in [6.07, 6.45) is 0.355. The molecule has 0 fully saturated rings. The van der Waals surface area contributed by atoms with Crippen LogP contribution in [0.2, 0.25) is 5.15 Å². The van der Waals surface area contributed by atoms with Gasteiger partial charge in [-0.2, -0.15) is 0 Å². The molecule has 0 aliphatic carbocycles. The zero-order chi connectivity index (χ0) is 17.8. The Morgan fingerprint density at radius 3 is 2.56 bits per heavy atom. The molecule has 3 rings (SSSR count). The van der Waals surface area contributed by atoms with Crippen LogP contribution in [0.25, 0.3) is 10.8 Å². The van der Waals surface area contributed by atoms with Crippen molar-refractivity contribution in [2.75, 3.05) is 5.32 Å². The van der Waals surface area contributed by atoms with Gasteiger partial charge in [0.1, 0.15) is 5.15 Å².